The molecule has 1 aromatic carbocycles. The Morgan fingerprint density at radius 3 is 2.44 bits per heavy atom. The van der Waals surface area contributed by atoms with Crippen molar-refractivity contribution >= 4 is 15.9 Å². The summed E-state index contributed by atoms with van der Waals surface area (Å²) < 4.78 is 21.2. The molecule has 16 heavy (non-hydrogen) atoms. The molecule has 0 aliphatic carbocycles. The minimum absolute atomic E-state index is 0.0461. The SMILES string of the molecule is NS(=O)(=O)CCNC(=O)Cc1ccccc1. The smallest absolute Gasteiger partial charge is 0.224 e. The number of carbonyl (C=O) groups excluding carboxylic acids is 1. The van der Waals surface area contributed by atoms with Crippen LogP contribution in [0.4, 0.5) is 0 Å². The lowest BCUT2D eigenvalue weighted by molar-refractivity contribution is -0.120. The van der Waals surface area contributed by atoms with Gasteiger partial charge in [0.25, 0.3) is 0 Å². The molecule has 6 heteroatoms. The Labute approximate surface area is 94.7 Å². The van der Waals surface area contributed by atoms with Gasteiger partial charge in [0.2, 0.25) is 15.9 Å². The number of hydrogen-bond donors (Lipinski definition) is 2. The molecule has 0 aromatic heterocycles. The second kappa shape index (κ2) is 5.62. The third-order valence-electron chi connectivity index (χ3n) is 1.92. The van der Waals surface area contributed by atoms with Crippen LogP contribution in [0.5, 0.6) is 0 Å². The van der Waals surface area contributed by atoms with E-state index < -0.39 is 10.0 Å². The lowest BCUT2D eigenvalue weighted by Gasteiger charge is -2.04. The van der Waals surface area contributed by atoms with Gasteiger partial charge in [0.1, 0.15) is 0 Å². The molecule has 0 fully saturated rings. The normalized spacial score (nSPS) is 11.1. The molecule has 0 saturated heterocycles. The van der Waals surface area contributed by atoms with Crippen LogP contribution >= 0.6 is 0 Å². The molecule has 88 valence electrons. The predicted octanol–water partition coefficient (Wildman–Crippen LogP) is -0.366. The molecule has 1 amide bonds. The van der Waals surface area contributed by atoms with Crippen LogP contribution in [-0.2, 0) is 21.2 Å². The van der Waals surface area contributed by atoms with Gasteiger partial charge in [0, 0.05) is 6.54 Å². The van der Waals surface area contributed by atoms with Crippen molar-refractivity contribution < 1.29 is 13.2 Å². The van der Waals surface area contributed by atoms with Crippen LogP contribution in [-0.4, -0.2) is 26.6 Å². The van der Waals surface area contributed by atoms with E-state index in [4.69, 9.17) is 5.14 Å². The molecule has 0 aliphatic rings. The average molecular weight is 242 g/mol. The summed E-state index contributed by atoms with van der Waals surface area (Å²) in [6.07, 6.45) is 0.242. The summed E-state index contributed by atoms with van der Waals surface area (Å²) in [7, 11) is -3.51. The highest BCUT2D eigenvalue weighted by atomic mass is 32.2. The number of primary sulfonamides is 1. The highest BCUT2D eigenvalue weighted by Gasteiger charge is 2.05. The van der Waals surface area contributed by atoms with Crippen LogP contribution in [0.1, 0.15) is 5.56 Å². The zero-order chi connectivity index (χ0) is 12.0. The van der Waals surface area contributed by atoms with Gasteiger partial charge in [-0.05, 0) is 5.56 Å². The number of nitrogens with two attached hydrogens (primary N) is 1. The maximum Gasteiger partial charge on any atom is 0.224 e. The van der Waals surface area contributed by atoms with E-state index in [9.17, 15) is 13.2 Å². The van der Waals surface area contributed by atoms with Crippen molar-refractivity contribution in [1.29, 1.82) is 0 Å². The van der Waals surface area contributed by atoms with E-state index >= 15 is 0 Å². The van der Waals surface area contributed by atoms with Gasteiger partial charge in [-0.2, -0.15) is 0 Å². The molecular weight excluding hydrogens is 228 g/mol. The highest BCUT2D eigenvalue weighted by molar-refractivity contribution is 7.89. The molecule has 0 heterocycles. The van der Waals surface area contributed by atoms with Crippen molar-refractivity contribution in [3.8, 4) is 0 Å². The quantitative estimate of drug-likeness (QED) is 0.738. The van der Waals surface area contributed by atoms with Crippen molar-refractivity contribution in [2.24, 2.45) is 5.14 Å². The van der Waals surface area contributed by atoms with Crippen molar-refractivity contribution in [2.75, 3.05) is 12.3 Å². The number of benzene rings is 1. The summed E-state index contributed by atoms with van der Waals surface area (Å²) in [4.78, 5) is 11.4. The van der Waals surface area contributed by atoms with E-state index in [-0.39, 0.29) is 24.6 Å². The summed E-state index contributed by atoms with van der Waals surface area (Å²) in [5.41, 5.74) is 0.885. The van der Waals surface area contributed by atoms with Gasteiger partial charge in [0.05, 0.1) is 12.2 Å². The first-order valence-corrected chi connectivity index (χ1v) is 6.50. The van der Waals surface area contributed by atoms with Crippen LogP contribution in [0.15, 0.2) is 30.3 Å². The fraction of sp³-hybridized carbons (Fsp3) is 0.300. The third-order valence-corrected chi connectivity index (χ3v) is 2.69. The lowest BCUT2D eigenvalue weighted by Crippen LogP contribution is -2.32. The summed E-state index contributed by atoms with van der Waals surface area (Å²) in [5, 5.41) is 7.28. The number of amides is 1. The number of nitrogens with one attached hydrogen (secondary N) is 1. The molecule has 3 N–H and O–H groups in total. The molecular formula is C10H14N2O3S. The second-order valence-electron chi connectivity index (χ2n) is 3.38. The largest absolute Gasteiger partial charge is 0.355 e. The lowest BCUT2D eigenvalue weighted by atomic mass is 10.1. The molecule has 0 atom stereocenters. The van der Waals surface area contributed by atoms with E-state index in [1.807, 2.05) is 30.3 Å². The molecule has 1 rings (SSSR count). The van der Waals surface area contributed by atoms with Crippen LogP contribution in [0.25, 0.3) is 0 Å². The Hall–Kier alpha value is -1.40. The van der Waals surface area contributed by atoms with Crippen molar-refractivity contribution in [3.05, 3.63) is 35.9 Å². The molecule has 0 aliphatic heterocycles. The summed E-state index contributed by atoms with van der Waals surface area (Å²) in [6, 6.07) is 9.21. The van der Waals surface area contributed by atoms with E-state index in [1.54, 1.807) is 0 Å². The third kappa shape index (κ3) is 5.47. The number of rotatable bonds is 5. The maximum atomic E-state index is 11.4. The maximum absolute atomic E-state index is 11.4. The topological polar surface area (TPSA) is 89.3 Å². The van der Waals surface area contributed by atoms with Crippen LogP contribution in [0.3, 0.4) is 0 Å². The Morgan fingerprint density at radius 2 is 1.88 bits per heavy atom. The summed E-state index contributed by atoms with van der Waals surface area (Å²) >= 11 is 0. The van der Waals surface area contributed by atoms with Crippen molar-refractivity contribution in [1.82, 2.24) is 5.32 Å². The Morgan fingerprint density at radius 1 is 1.25 bits per heavy atom. The van der Waals surface area contributed by atoms with Crippen molar-refractivity contribution in [3.63, 3.8) is 0 Å². The minimum Gasteiger partial charge on any atom is -0.355 e. The fourth-order valence-electron chi connectivity index (χ4n) is 1.18. The highest BCUT2D eigenvalue weighted by Crippen LogP contribution is 1.98. The Kier molecular flexibility index (Phi) is 4.45. The van der Waals surface area contributed by atoms with Gasteiger partial charge < -0.3 is 5.32 Å². The van der Waals surface area contributed by atoms with Crippen LogP contribution < -0.4 is 10.5 Å². The molecule has 1 aromatic rings. The predicted molar refractivity (Wildman–Crippen MR) is 61.1 cm³/mol. The zero-order valence-corrected chi connectivity index (χ0v) is 9.53. The van der Waals surface area contributed by atoms with Crippen LogP contribution in [0, 0.1) is 0 Å². The second-order valence-corrected chi connectivity index (χ2v) is 5.11. The first-order chi connectivity index (χ1) is 7.47. The van der Waals surface area contributed by atoms with E-state index in [1.165, 1.54) is 0 Å². The number of hydrogen-bond acceptors (Lipinski definition) is 3. The van der Waals surface area contributed by atoms with E-state index in [2.05, 4.69) is 5.32 Å². The molecule has 0 radical (unpaired) electrons. The van der Waals surface area contributed by atoms with E-state index in [0.29, 0.717) is 0 Å². The standard InChI is InChI=1S/C10H14N2O3S/c11-16(14,15)7-6-12-10(13)8-9-4-2-1-3-5-9/h1-5H,6-8H2,(H,12,13)(H2,11,14,15). The Bertz CT molecular complexity index is 442. The first kappa shape index (κ1) is 12.7. The zero-order valence-electron chi connectivity index (χ0n) is 8.72. The average Bonchev–Trinajstić information content (AvgIpc) is 2.17. The van der Waals surface area contributed by atoms with Gasteiger partial charge in [-0.1, -0.05) is 30.3 Å². The van der Waals surface area contributed by atoms with Gasteiger partial charge in [-0.25, -0.2) is 13.6 Å². The van der Waals surface area contributed by atoms with Crippen molar-refractivity contribution in [2.45, 2.75) is 6.42 Å². The summed E-state index contributed by atoms with van der Waals surface area (Å²) in [6.45, 7) is 0.0461. The molecule has 0 saturated carbocycles. The number of sulfonamides is 1. The Balaban J connectivity index is 2.32. The molecule has 5 nitrogen and oxygen atoms in total. The van der Waals surface area contributed by atoms with Gasteiger partial charge in [-0.3, -0.25) is 4.79 Å². The molecule has 0 unspecified atom stereocenters. The molecule has 0 spiro atoms. The minimum atomic E-state index is -3.51. The fourth-order valence-corrected chi connectivity index (χ4v) is 1.56. The molecule has 0 bridgehead atoms. The monoisotopic (exact) mass is 242 g/mol. The summed E-state index contributed by atoms with van der Waals surface area (Å²) in [5.74, 6) is -0.456. The van der Waals surface area contributed by atoms with Gasteiger partial charge in [-0.15, -0.1) is 0 Å². The first-order valence-electron chi connectivity index (χ1n) is 4.78. The van der Waals surface area contributed by atoms with Gasteiger partial charge >= 0.3 is 0 Å². The van der Waals surface area contributed by atoms with Crippen LogP contribution in [0.2, 0.25) is 0 Å². The number of carbonyl (C=O) groups is 1. The van der Waals surface area contributed by atoms with E-state index in [0.717, 1.165) is 5.56 Å². The van der Waals surface area contributed by atoms with Gasteiger partial charge in [0.15, 0.2) is 0 Å².